The summed E-state index contributed by atoms with van der Waals surface area (Å²) in [6.45, 7) is 0. The summed E-state index contributed by atoms with van der Waals surface area (Å²) in [5.74, 6) is -8.85. The van der Waals surface area contributed by atoms with Gasteiger partial charge in [-0.2, -0.15) is 13.2 Å². The summed E-state index contributed by atoms with van der Waals surface area (Å²) in [5.41, 5.74) is 0. The van der Waals surface area contributed by atoms with Crippen molar-refractivity contribution in [3.05, 3.63) is 23.6 Å². The molecule has 0 bridgehead atoms. The van der Waals surface area contributed by atoms with E-state index in [0.717, 1.165) is 0 Å². The normalized spacial score (nSPS) is 15.2. The first kappa shape index (κ1) is 12.9. The standard InChI is InChI=1S/C6H2F8/c7-1(3(9)5(11)12)2(8)4(10)6(13)14/h3,5H. The lowest BCUT2D eigenvalue weighted by Gasteiger charge is -2.04. The highest BCUT2D eigenvalue weighted by atomic mass is 19.3. The van der Waals surface area contributed by atoms with Gasteiger partial charge in [-0.15, -0.1) is 0 Å². The molecule has 0 aliphatic carbocycles. The number of halogens is 8. The Hall–Kier alpha value is -1.08. The van der Waals surface area contributed by atoms with Gasteiger partial charge in [-0.25, -0.2) is 22.0 Å². The van der Waals surface area contributed by atoms with E-state index < -0.39 is 36.2 Å². The van der Waals surface area contributed by atoms with Crippen LogP contribution in [0.15, 0.2) is 23.6 Å². The highest BCUT2D eigenvalue weighted by molar-refractivity contribution is 5.24. The van der Waals surface area contributed by atoms with Crippen molar-refractivity contribution in [2.45, 2.75) is 12.6 Å². The lowest BCUT2D eigenvalue weighted by Crippen LogP contribution is -2.13. The Morgan fingerprint density at radius 1 is 0.714 bits per heavy atom. The summed E-state index contributed by atoms with van der Waals surface area (Å²) in [6, 6.07) is 0. The molecular weight excluding hydrogens is 224 g/mol. The molecule has 1 atom stereocenters. The average Bonchev–Trinajstić information content (AvgIpc) is 2.12. The Balaban J connectivity index is 5.04. The molecule has 14 heavy (non-hydrogen) atoms. The maximum absolute atomic E-state index is 12.1. The van der Waals surface area contributed by atoms with Crippen molar-refractivity contribution < 1.29 is 35.1 Å². The van der Waals surface area contributed by atoms with E-state index >= 15 is 0 Å². The van der Waals surface area contributed by atoms with Gasteiger partial charge < -0.3 is 0 Å². The van der Waals surface area contributed by atoms with E-state index in [2.05, 4.69) is 0 Å². The second kappa shape index (κ2) is 4.97. The molecule has 0 aromatic carbocycles. The van der Waals surface area contributed by atoms with Gasteiger partial charge in [-0.3, -0.25) is 0 Å². The minimum absolute atomic E-state index is 2.90. The summed E-state index contributed by atoms with van der Waals surface area (Å²) >= 11 is 0. The fraction of sp³-hybridized carbons (Fsp3) is 0.333. The van der Waals surface area contributed by atoms with E-state index in [1.165, 1.54) is 0 Å². The minimum atomic E-state index is -3.96. The van der Waals surface area contributed by atoms with Crippen molar-refractivity contribution in [1.29, 1.82) is 0 Å². The van der Waals surface area contributed by atoms with Gasteiger partial charge in [0.15, 0.2) is 11.7 Å². The molecule has 1 unspecified atom stereocenters. The minimum Gasteiger partial charge on any atom is -0.233 e. The molecule has 0 aliphatic rings. The van der Waals surface area contributed by atoms with Crippen LogP contribution in [-0.4, -0.2) is 12.6 Å². The smallest absolute Gasteiger partial charge is 0.233 e. The molecule has 0 aliphatic heterocycles. The molecule has 0 nitrogen and oxygen atoms in total. The van der Waals surface area contributed by atoms with Crippen LogP contribution >= 0.6 is 0 Å². The van der Waals surface area contributed by atoms with Crippen LogP contribution in [-0.2, 0) is 0 Å². The molecule has 0 radical (unpaired) electrons. The topological polar surface area (TPSA) is 0 Å². The summed E-state index contributed by atoms with van der Waals surface area (Å²) in [6.07, 6.45) is -11.0. The number of hydrogen-bond acceptors (Lipinski definition) is 0. The van der Waals surface area contributed by atoms with E-state index in [-0.39, 0.29) is 0 Å². The molecule has 8 heteroatoms. The average molecular weight is 226 g/mol. The van der Waals surface area contributed by atoms with Crippen LogP contribution in [0.4, 0.5) is 35.1 Å². The highest BCUT2D eigenvalue weighted by Crippen LogP contribution is 2.28. The maximum atomic E-state index is 12.1. The van der Waals surface area contributed by atoms with E-state index in [4.69, 9.17) is 0 Å². The number of rotatable bonds is 3. The summed E-state index contributed by atoms with van der Waals surface area (Å²) < 4.78 is 93.2. The second-order valence-electron chi connectivity index (χ2n) is 1.97. The number of alkyl halides is 3. The van der Waals surface area contributed by atoms with E-state index in [1.807, 2.05) is 0 Å². The Morgan fingerprint density at radius 3 is 1.43 bits per heavy atom. The number of allylic oxidation sites excluding steroid dienone is 3. The Morgan fingerprint density at radius 2 is 1.14 bits per heavy atom. The van der Waals surface area contributed by atoms with Crippen molar-refractivity contribution in [3.8, 4) is 0 Å². The highest BCUT2D eigenvalue weighted by Gasteiger charge is 2.30. The van der Waals surface area contributed by atoms with Crippen molar-refractivity contribution in [2.24, 2.45) is 0 Å². The van der Waals surface area contributed by atoms with E-state index in [0.29, 0.717) is 0 Å². The van der Waals surface area contributed by atoms with Gasteiger partial charge in [0.2, 0.25) is 12.0 Å². The predicted octanol–water partition coefficient (Wildman–Crippen LogP) is 3.82. The van der Waals surface area contributed by atoms with Crippen LogP contribution < -0.4 is 0 Å². The first-order valence-corrected chi connectivity index (χ1v) is 2.97. The Kier molecular flexibility index (Phi) is 4.58. The third-order valence-electron chi connectivity index (χ3n) is 1.03. The molecule has 82 valence electrons. The van der Waals surface area contributed by atoms with Gasteiger partial charge >= 0.3 is 6.08 Å². The van der Waals surface area contributed by atoms with Gasteiger partial charge in [0, 0.05) is 0 Å². The zero-order valence-corrected chi connectivity index (χ0v) is 6.18. The third kappa shape index (κ3) is 3.00. The second-order valence-corrected chi connectivity index (χ2v) is 1.97. The molecule has 0 saturated heterocycles. The quantitative estimate of drug-likeness (QED) is 0.506. The van der Waals surface area contributed by atoms with Gasteiger partial charge in [0.1, 0.15) is 0 Å². The van der Waals surface area contributed by atoms with Gasteiger partial charge in [-0.1, -0.05) is 0 Å². The summed E-state index contributed by atoms with van der Waals surface area (Å²) in [7, 11) is 0. The van der Waals surface area contributed by atoms with Crippen LogP contribution in [0.3, 0.4) is 0 Å². The zero-order valence-electron chi connectivity index (χ0n) is 6.18. The predicted molar refractivity (Wildman–Crippen MR) is 30.5 cm³/mol. The van der Waals surface area contributed by atoms with Crippen molar-refractivity contribution >= 4 is 0 Å². The monoisotopic (exact) mass is 226 g/mol. The number of hydrogen-bond donors (Lipinski definition) is 0. The van der Waals surface area contributed by atoms with Crippen molar-refractivity contribution in [1.82, 2.24) is 0 Å². The molecule has 0 heterocycles. The molecule has 0 saturated carbocycles. The molecule has 0 aromatic heterocycles. The van der Waals surface area contributed by atoms with Crippen LogP contribution in [0.1, 0.15) is 0 Å². The Bertz CT molecular complexity index is 261. The molecule has 0 amide bonds. The summed E-state index contributed by atoms with van der Waals surface area (Å²) in [5, 5.41) is 0. The Labute approximate surface area is 72.5 Å². The molecular formula is C6H2F8. The first-order valence-electron chi connectivity index (χ1n) is 2.97. The third-order valence-corrected chi connectivity index (χ3v) is 1.03. The van der Waals surface area contributed by atoms with Crippen LogP contribution in [0, 0.1) is 0 Å². The van der Waals surface area contributed by atoms with E-state index in [9.17, 15) is 35.1 Å². The molecule has 0 aromatic rings. The fourth-order valence-electron chi connectivity index (χ4n) is 0.419. The molecule has 0 N–H and O–H groups in total. The van der Waals surface area contributed by atoms with Gasteiger partial charge in [0.25, 0.3) is 6.43 Å². The summed E-state index contributed by atoms with van der Waals surface area (Å²) in [4.78, 5) is 0. The van der Waals surface area contributed by atoms with Gasteiger partial charge in [0.05, 0.1) is 0 Å². The van der Waals surface area contributed by atoms with Crippen LogP contribution in [0.5, 0.6) is 0 Å². The largest absolute Gasteiger partial charge is 0.308 e. The molecule has 0 fully saturated rings. The zero-order chi connectivity index (χ0) is 11.5. The SMILES string of the molecule is FC(F)=C(F)C(F)=C(F)C(F)C(F)F. The van der Waals surface area contributed by atoms with Gasteiger partial charge in [-0.05, 0) is 0 Å². The van der Waals surface area contributed by atoms with E-state index in [1.54, 1.807) is 0 Å². The lowest BCUT2D eigenvalue weighted by molar-refractivity contribution is 0.0555. The van der Waals surface area contributed by atoms with Crippen LogP contribution in [0.2, 0.25) is 0 Å². The fourth-order valence-corrected chi connectivity index (χ4v) is 0.419. The molecule has 0 rings (SSSR count). The van der Waals surface area contributed by atoms with Crippen molar-refractivity contribution in [3.63, 3.8) is 0 Å². The molecule has 0 spiro atoms. The van der Waals surface area contributed by atoms with Crippen LogP contribution in [0.25, 0.3) is 0 Å². The maximum Gasteiger partial charge on any atom is 0.308 e. The first-order chi connectivity index (χ1) is 6.29. The lowest BCUT2D eigenvalue weighted by atomic mass is 10.3. The van der Waals surface area contributed by atoms with Crippen molar-refractivity contribution in [2.75, 3.05) is 0 Å².